The van der Waals surface area contributed by atoms with Gasteiger partial charge in [-0.3, -0.25) is 0 Å². The summed E-state index contributed by atoms with van der Waals surface area (Å²) in [6.07, 6.45) is 16.3. The van der Waals surface area contributed by atoms with Crippen molar-refractivity contribution in [1.82, 2.24) is 0 Å². The van der Waals surface area contributed by atoms with Crippen molar-refractivity contribution in [3.63, 3.8) is 0 Å². The van der Waals surface area contributed by atoms with Gasteiger partial charge in [0.05, 0.1) is 0 Å². The zero-order valence-corrected chi connectivity index (χ0v) is 20.0. The summed E-state index contributed by atoms with van der Waals surface area (Å²) in [4.78, 5) is 0. The first-order valence-corrected chi connectivity index (χ1v) is 11.4. The van der Waals surface area contributed by atoms with Gasteiger partial charge in [0.1, 0.15) is 11.4 Å². The number of hydrogen-bond acceptors (Lipinski definition) is 1. The zero-order valence-electron chi connectivity index (χ0n) is 20.0. The van der Waals surface area contributed by atoms with Crippen LogP contribution in [0.4, 0.5) is 0 Å². The molecule has 0 saturated carbocycles. The van der Waals surface area contributed by atoms with E-state index < -0.39 is 0 Å². The molecular weight excluding hydrogens is 352 g/mol. The van der Waals surface area contributed by atoms with Gasteiger partial charge in [-0.05, 0) is 123 Å². The van der Waals surface area contributed by atoms with Gasteiger partial charge in [-0.15, -0.1) is 0 Å². The van der Waals surface area contributed by atoms with E-state index in [0.717, 1.165) is 37.9 Å². The smallest absolute Gasteiger partial charge is 0.123 e. The minimum atomic E-state index is -0.0348. The molecule has 0 radical (unpaired) electrons. The summed E-state index contributed by atoms with van der Waals surface area (Å²) in [6.45, 7) is 15.5. The predicted molar refractivity (Wildman–Crippen MR) is 128 cm³/mol. The Hall–Kier alpha value is -1.76. The van der Waals surface area contributed by atoms with E-state index in [1.165, 1.54) is 52.7 Å². The van der Waals surface area contributed by atoms with Crippen LogP contribution in [0.3, 0.4) is 0 Å². The van der Waals surface area contributed by atoms with Crippen molar-refractivity contribution in [2.45, 2.75) is 105 Å². The Balaban J connectivity index is 1.78. The summed E-state index contributed by atoms with van der Waals surface area (Å²) in [5.74, 6) is 1.11. The highest BCUT2D eigenvalue weighted by Crippen LogP contribution is 2.37. The number of benzene rings is 1. The fraction of sp³-hybridized carbons (Fsp3) is 0.571. The lowest BCUT2D eigenvalue weighted by atomic mass is 9.87. The Kier molecular flexibility index (Phi) is 8.80. The van der Waals surface area contributed by atoms with Crippen molar-refractivity contribution in [3.8, 4) is 5.75 Å². The molecule has 0 N–H and O–H groups in total. The lowest BCUT2D eigenvalue weighted by molar-refractivity contribution is 0.0571. The molecule has 2 rings (SSSR count). The molecule has 0 saturated heterocycles. The van der Waals surface area contributed by atoms with Crippen molar-refractivity contribution in [3.05, 3.63) is 63.8 Å². The van der Waals surface area contributed by atoms with Crippen LogP contribution in [0.15, 0.2) is 47.1 Å². The Labute approximate surface area is 179 Å². The van der Waals surface area contributed by atoms with Crippen LogP contribution in [0.1, 0.15) is 96.3 Å². The van der Waals surface area contributed by atoms with Crippen LogP contribution >= 0.6 is 0 Å². The summed E-state index contributed by atoms with van der Waals surface area (Å²) in [5.41, 5.74) is 8.48. The molecule has 1 aromatic rings. The van der Waals surface area contributed by atoms with E-state index in [2.05, 4.69) is 78.8 Å². The lowest BCUT2D eigenvalue weighted by Crippen LogP contribution is -2.36. The Morgan fingerprint density at radius 1 is 0.897 bits per heavy atom. The molecule has 1 aromatic carbocycles. The van der Waals surface area contributed by atoms with Crippen molar-refractivity contribution < 1.29 is 4.74 Å². The summed E-state index contributed by atoms with van der Waals surface area (Å²) in [5, 5.41) is 0. The normalized spacial score (nSPS) is 19.6. The van der Waals surface area contributed by atoms with E-state index in [-0.39, 0.29) is 5.60 Å². The largest absolute Gasteiger partial charge is 0.487 e. The first-order chi connectivity index (χ1) is 13.7. The average Bonchev–Trinajstić information content (AvgIpc) is 2.63. The van der Waals surface area contributed by atoms with E-state index in [4.69, 9.17) is 4.74 Å². The van der Waals surface area contributed by atoms with Crippen LogP contribution in [0.5, 0.6) is 5.75 Å². The standard InChI is InChI=1S/C28H42O/c1-21(2)11-8-12-22(3)13-9-14-23(4)15-10-17-28(7)18-16-26-19-24(5)25(6)20-27(26)29-28/h11,13,15,19-20H,8-10,12,14,16-18H2,1-7H3/b22-13+,23-15+. The quantitative estimate of drug-likeness (QED) is 0.381. The number of hydrogen-bond donors (Lipinski definition) is 0. The highest BCUT2D eigenvalue weighted by molar-refractivity contribution is 5.43. The summed E-state index contributed by atoms with van der Waals surface area (Å²) in [7, 11) is 0. The molecular formula is C28H42O. The van der Waals surface area contributed by atoms with Crippen molar-refractivity contribution in [2.75, 3.05) is 0 Å². The van der Waals surface area contributed by atoms with E-state index in [9.17, 15) is 0 Å². The molecule has 29 heavy (non-hydrogen) atoms. The molecule has 1 heterocycles. The number of ether oxygens (including phenoxy) is 1. The fourth-order valence-corrected chi connectivity index (χ4v) is 3.99. The van der Waals surface area contributed by atoms with Crippen molar-refractivity contribution in [2.24, 2.45) is 0 Å². The van der Waals surface area contributed by atoms with Gasteiger partial charge in [0.2, 0.25) is 0 Å². The van der Waals surface area contributed by atoms with Crippen LogP contribution in [-0.2, 0) is 6.42 Å². The first kappa shape index (κ1) is 23.5. The molecule has 1 nitrogen and oxygen atoms in total. The van der Waals surface area contributed by atoms with Gasteiger partial charge in [0, 0.05) is 0 Å². The minimum Gasteiger partial charge on any atom is -0.487 e. The van der Waals surface area contributed by atoms with Gasteiger partial charge >= 0.3 is 0 Å². The van der Waals surface area contributed by atoms with Gasteiger partial charge in [-0.1, -0.05) is 41.0 Å². The van der Waals surface area contributed by atoms with Crippen molar-refractivity contribution in [1.29, 1.82) is 0 Å². The molecule has 0 aliphatic carbocycles. The Morgan fingerprint density at radius 3 is 2.14 bits per heavy atom. The summed E-state index contributed by atoms with van der Waals surface area (Å²) in [6, 6.07) is 4.54. The second-order valence-corrected chi connectivity index (χ2v) is 9.59. The molecule has 160 valence electrons. The molecule has 1 atom stereocenters. The van der Waals surface area contributed by atoms with Gasteiger partial charge in [0.25, 0.3) is 0 Å². The maximum atomic E-state index is 6.46. The Bertz CT molecular complexity index is 774. The number of aryl methyl sites for hydroxylation is 3. The minimum absolute atomic E-state index is 0.0348. The molecule has 0 fully saturated rings. The zero-order chi connectivity index (χ0) is 21.4. The van der Waals surface area contributed by atoms with E-state index in [1.54, 1.807) is 0 Å². The summed E-state index contributed by atoms with van der Waals surface area (Å²) < 4.78 is 6.46. The number of fused-ring (bicyclic) bond motifs is 1. The molecule has 1 aliphatic rings. The van der Waals surface area contributed by atoms with Crippen LogP contribution in [0, 0.1) is 13.8 Å². The SMILES string of the molecule is CC(C)=CCC/C(C)=C/CC/C(C)=C/CCC1(C)CCc2cc(C)c(C)cc2O1. The van der Waals surface area contributed by atoms with E-state index in [0.29, 0.717) is 0 Å². The number of rotatable bonds is 9. The topological polar surface area (TPSA) is 9.23 Å². The monoisotopic (exact) mass is 394 g/mol. The van der Waals surface area contributed by atoms with E-state index in [1.807, 2.05) is 0 Å². The fourth-order valence-electron chi connectivity index (χ4n) is 3.99. The van der Waals surface area contributed by atoms with Crippen molar-refractivity contribution >= 4 is 0 Å². The van der Waals surface area contributed by atoms with Gasteiger partial charge < -0.3 is 4.74 Å². The van der Waals surface area contributed by atoms with Crippen LogP contribution < -0.4 is 4.74 Å². The average molecular weight is 395 g/mol. The highest BCUT2D eigenvalue weighted by atomic mass is 16.5. The predicted octanol–water partition coefficient (Wildman–Crippen LogP) is 8.59. The van der Waals surface area contributed by atoms with Gasteiger partial charge in [-0.2, -0.15) is 0 Å². The first-order valence-electron chi connectivity index (χ1n) is 11.4. The van der Waals surface area contributed by atoms with Gasteiger partial charge in [0.15, 0.2) is 0 Å². The van der Waals surface area contributed by atoms with E-state index >= 15 is 0 Å². The number of allylic oxidation sites excluding steroid dienone is 6. The lowest BCUT2D eigenvalue weighted by Gasteiger charge is -2.36. The molecule has 1 aliphatic heterocycles. The molecule has 1 heteroatoms. The molecule has 0 spiro atoms. The van der Waals surface area contributed by atoms with Crippen LogP contribution in [0.2, 0.25) is 0 Å². The highest BCUT2D eigenvalue weighted by Gasteiger charge is 2.31. The maximum Gasteiger partial charge on any atom is 0.123 e. The Morgan fingerprint density at radius 2 is 1.48 bits per heavy atom. The maximum absolute atomic E-state index is 6.46. The second-order valence-electron chi connectivity index (χ2n) is 9.59. The van der Waals surface area contributed by atoms with Gasteiger partial charge in [-0.25, -0.2) is 0 Å². The van der Waals surface area contributed by atoms with Crippen LogP contribution in [-0.4, -0.2) is 5.60 Å². The second kappa shape index (κ2) is 10.9. The third kappa shape index (κ3) is 7.88. The van der Waals surface area contributed by atoms with Crippen LogP contribution in [0.25, 0.3) is 0 Å². The summed E-state index contributed by atoms with van der Waals surface area (Å²) >= 11 is 0. The molecule has 0 bridgehead atoms. The molecule has 0 amide bonds. The third-order valence-electron chi connectivity index (χ3n) is 6.25. The molecule has 0 aromatic heterocycles. The molecule has 1 unspecified atom stereocenters. The third-order valence-corrected chi connectivity index (χ3v) is 6.25.